The Bertz CT molecular complexity index is 1500. The molecular formula is C33H44ClFN4O6S. The van der Waals surface area contributed by atoms with Crippen molar-refractivity contribution in [1.82, 2.24) is 14.9 Å². The van der Waals surface area contributed by atoms with Crippen molar-refractivity contribution in [3.63, 3.8) is 0 Å². The molecule has 3 N–H and O–H groups in total. The van der Waals surface area contributed by atoms with Crippen molar-refractivity contribution < 1.29 is 31.9 Å². The number of nitrogens with zero attached hydrogens (tertiary/aromatic N) is 1. The fourth-order valence-electron chi connectivity index (χ4n) is 6.93. The zero-order valence-corrected chi connectivity index (χ0v) is 28.1. The second kappa shape index (κ2) is 14.6. The maximum absolute atomic E-state index is 15.4. The van der Waals surface area contributed by atoms with Gasteiger partial charge in [0.25, 0.3) is 0 Å². The van der Waals surface area contributed by atoms with Crippen LogP contribution in [0.3, 0.4) is 0 Å². The van der Waals surface area contributed by atoms with Crippen LogP contribution in [0.25, 0.3) is 0 Å². The maximum Gasteiger partial charge on any atom is 0.407 e. The van der Waals surface area contributed by atoms with Crippen LogP contribution in [-0.2, 0) is 30.7 Å². The van der Waals surface area contributed by atoms with Gasteiger partial charge in [0.05, 0.1) is 25.1 Å². The Morgan fingerprint density at radius 1 is 1.20 bits per heavy atom. The third-order valence-corrected chi connectivity index (χ3v) is 11.8. The van der Waals surface area contributed by atoms with Crippen LogP contribution in [0.4, 0.5) is 14.9 Å². The van der Waals surface area contributed by atoms with Crippen LogP contribution in [0.5, 0.6) is 0 Å². The van der Waals surface area contributed by atoms with Gasteiger partial charge in [0.1, 0.15) is 11.9 Å². The van der Waals surface area contributed by atoms with E-state index in [1.807, 2.05) is 26.0 Å². The van der Waals surface area contributed by atoms with E-state index < -0.39 is 39.8 Å². The number of methoxy groups -OCH3 is 1. The van der Waals surface area contributed by atoms with Crippen molar-refractivity contribution in [3.8, 4) is 0 Å². The molecule has 13 heteroatoms. The molecule has 2 amide bonds. The van der Waals surface area contributed by atoms with Crippen molar-refractivity contribution in [2.24, 2.45) is 5.92 Å². The summed E-state index contributed by atoms with van der Waals surface area (Å²) in [5, 5.41) is 9.61. The van der Waals surface area contributed by atoms with E-state index in [1.165, 1.54) is 19.2 Å². The number of sulfonamides is 1. The van der Waals surface area contributed by atoms with E-state index in [4.69, 9.17) is 21.1 Å². The summed E-state index contributed by atoms with van der Waals surface area (Å²) in [5.41, 5.74) is 1.01. The Balaban J connectivity index is 1.41. The van der Waals surface area contributed by atoms with Crippen LogP contribution < -0.4 is 16.0 Å². The number of alkyl carbamates (subject to hydrolysis) is 1. The van der Waals surface area contributed by atoms with Gasteiger partial charge in [-0.05, 0) is 88.1 Å². The molecule has 3 aliphatic rings. The topological polar surface area (TPSA) is 126 Å². The summed E-state index contributed by atoms with van der Waals surface area (Å²) in [4.78, 5) is 26.8. The first-order valence-electron chi connectivity index (χ1n) is 15.9. The second-order valence-corrected chi connectivity index (χ2v) is 15.6. The third-order valence-electron chi connectivity index (χ3n) is 9.53. The van der Waals surface area contributed by atoms with Crippen molar-refractivity contribution in [1.29, 1.82) is 0 Å². The molecule has 3 aliphatic heterocycles. The highest BCUT2D eigenvalue weighted by atomic mass is 35.5. The summed E-state index contributed by atoms with van der Waals surface area (Å²) in [6.07, 6.45) is 2.70. The van der Waals surface area contributed by atoms with Gasteiger partial charge in [-0.1, -0.05) is 29.8 Å². The number of piperazine rings is 1. The molecule has 3 heterocycles. The Labute approximate surface area is 275 Å². The lowest BCUT2D eigenvalue weighted by Gasteiger charge is -2.40. The number of nitrogens with one attached hydrogen (secondary N) is 3. The molecule has 6 atom stereocenters. The zero-order chi connectivity index (χ0) is 33.1. The summed E-state index contributed by atoms with van der Waals surface area (Å²) in [6.45, 7) is 5.30. The molecule has 46 heavy (non-hydrogen) atoms. The average molecular weight is 679 g/mol. The predicted molar refractivity (Wildman–Crippen MR) is 175 cm³/mol. The van der Waals surface area contributed by atoms with Gasteiger partial charge in [-0.3, -0.25) is 4.79 Å². The van der Waals surface area contributed by atoms with Crippen molar-refractivity contribution >= 4 is 39.3 Å². The van der Waals surface area contributed by atoms with E-state index in [1.54, 1.807) is 22.5 Å². The number of carbonyl (C=O) groups excluding carboxylic acids is 2. The molecule has 0 radical (unpaired) electrons. The molecule has 0 aliphatic carbocycles. The highest BCUT2D eigenvalue weighted by molar-refractivity contribution is 7.89. The minimum Gasteiger partial charge on any atom is -0.453 e. The second-order valence-electron chi connectivity index (χ2n) is 13.1. The summed E-state index contributed by atoms with van der Waals surface area (Å²) < 4.78 is 54.0. The van der Waals surface area contributed by atoms with Crippen molar-refractivity contribution in [2.75, 3.05) is 37.9 Å². The molecule has 0 spiro atoms. The van der Waals surface area contributed by atoms with Crippen LogP contribution in [0.2, 0.25) is 5.02 Å². The van der Waals surface area contributed by atoms with Gasteiger partial charge < -0.3 is 25.4 Å². The lowest BCUT2D eigenvalue weighted by Crippen LogP contribution is -2.57. The number of ether oxygens (including phenoxy) is 2. The molecule has 10 nitrogen and oxygen atoms in total. The lowest BCUT2D eigenvalue weighted by molar-refractivity contribution is -0.120. The maximum atomic E-state index is 15.4. The Kier molecular flexibility index (Phi) is 10.9. The van der Waals surface area contributed by atoms with Crippen LogP contribution >= 0.6 is 11.6 Å². The van der Waals surface area contributed by atoms with Crippen molar-refractivity contribution in [3.05, 3.63) is 64.4 Å². The Hall–Kier alpha value is -2.77. The molecule has 2 bridgehead atoms. The molecule has 0 saturated carbocycles. The fraction of sp³-hybridized carbons (Fsp3) is 0.576. The fourth-order valence-corrected chi connectivity index (χ4v) is 8.86. The predicted octanol–water partition coefficient (Wildman–Crippen LogP) is 4.83. The van der Waals surface area contributed by atoms with E-state index in [0.717, 1.165) is 24.8 Å². The van der Waals surface area contributed by atoms with Crippen LogP contribution in [-0.4, -0.2) is 81.0 Å². The zero-order valence-electron chi connectivity index (χ0n) is 26.6. The molecule has 2 aromatic rings. The third kappa shape index (κ3) is 8.20. The molecule has 2 unspecified atom stereocenters. The minimum atomic E-state index is -3.41. The number of fused-ring (bicyclic) bond motifs is 2. The smallest absolute Gasteiger partial charge is 0.407 e. The number of anilines is 1. The SMILES string of the molecule is COC(=O)N[C@H](C(=O)Nc1cccc(F)c1CC[C@H]1CN[C@@H]2CCCS(=O)(=O)N1C2)[C@@H](c1ccc(Cl)cc1)C1CCC(C)(C)OC1. The molecule has 252 valence electrons. The van der Waals surface area contributed by atoms with Gasteiger partial charge in [-0.2, -0.15) is 4.31 Å². The normalized spacial score (nSPS) is 26.6. The first-order valence-corrected chi connectivity index (χ1v) is 17.9. The van der Waals surface area contributed by atoms with Gasteiger partial charge in [-0.25, -0.2) is 17.6 Å². The number of carbonyl (C=O) groups is 2. The average Bonchev–Trinajstić information content (AvgIpc) is 3.13. The molecule has 0 aromatic heterocycles. The summed E-state index contributed by atoms with van der Waals surface area (Å²) >= 11 is 6.20. The van der Waals surface area contributed by atoms with Crippen LogP contribution in [0.1, 0.15) is 63.0 Å². The van der Waals surface area contributed by atoms with Crippen LogP contribution in [0.15, 0.2) is 42.5 Å². The Morgan fingerprint density at radius 3 is 2.65 bits per heavy atom. The molecule has 2 aromatic carbocycles. The molecular weight excluding hydrogens is 635 g/mol. The standard InChI is InChI=1S/C33H44ClFN4O6S/c1-33(2)16-15-22(20-45-33)29(21-9-11-23(34)12-10-21)30(38-32(41)44-3)31(40)37-28-8-4-7-27(35)26(28)14-13-25-18-36-24-6-5-17-46(42,43)39(25)19-24/h4,7-12,22,24-25,29-30,36H,5-6,13-20H2,1-3H3,(H,37,40)(H,38,41)/t22?,24-,25+,29+,30+/m1/s1. The molecule has 3 fully saturated rings. The number of amides is 2. The first kappa shape index (κ1) is 34.6. The van der Waals surface area contributed by atoms with E-state index in [-0.39, 0.29) is 47.0 Å². The van der Waals surface area contributed by atoms with Gasteiger partial charge in [0, 0.05) is 47.4 Å². The number of hydrogen-bond acceptors (Lipinski definition) is 7. The highest BCUT2D eigenvalue weighted by Gasteiger charge is 2.41. The largest absolute Gasteiger partial charge is 0.453 e. The van der Waals surface area contributed by atoms with Gasteiger partial charge >= 0.3 is 6.09 Å². The number of hydrogen-bond donors (Lipinski definition) is 3. The lowest BCUT2D eigenvalue weighted by atomic mass is 9.75. The number of benzene rings is 2. The summed E-state index contributed by atoms with van der Waals surface area (Å²) in [5.74, 6) is -1.59. The molecule has 5 rings (SSSR count). The number of halogens is 2. The van der Waals surface area contributed by atoms with E-state index >= 15 is 4.39 Å². The van der Waals surface area contributed by atoms with Crippen molar-refractivity contribution in [2.45, 2.75) is 82.0 Å². The molecule has 3 saturated heterocycles. The van der Waals surface area contributed by atoms with Crippen LogP contribution in [0, 0.1) is 11.7 Å². The van der Waals surface area contributed by atoms with Gasteiger partial charge in [0.2, 0.25) is 15.9 Å². The summed E-state index contributed by atoms with van der Waals surface area (Å²) in [7, 11) is -2.18. The van der Waals surface area contributed by atoms with E-state index in [2.05, 4.69) is 16.0 Å². The van der Waals surface area contributed by atoms with E-state index in [9.17, 15) is 18.0 Å². The minimum absolute atomic E-state index is 0.107. The summed E-state index contributed by atoms with van der Waals surface area (Å²) in [6, 6.07) is 10.3. The number of rotatable bonds is 9. The van der Waals surface area contributed by atoms with Gasteiger partial charge in [-0.15, -0.1) is 0 Å². The monoisotopic (exact) mass is 678 g/mol. The first-order chi connectivity index (χ1) is 21.9. The quantitative estimate of drug-likeness (QED) is 0.347. The highest BCUT2D eigenvalue weighted by Crippen LogP contribution is 2.39. The van der Waals surface area contributed by atoms with E-state index in [0.29, 0.717) is 37.6 Å². The Morgan fingerprint density at radius 2 is 1.96 bits per heavy atom. The van der Waals surface area contributed by atoms with Gasteiger partial charge in [0.15, 0.2) is 0 Å².